The molecule has 1 N–H and O–H groups in total. The molecule has 0 saturated heterocycles. The summed E-state index contributed by atoms with van der Waals surface area (Å²) in [6.07, 6.45) is 3.57. The first-order valence-electron chi connectivity index (χ1n) is 6.10. The van der Waals surface area contributed by atoms with E-state index in [4.69, 9.17) is 4.74 Å². The summed E-state index contributed by atoms with van der Waals surface area (Å²) in [5.74, 6) is 0.768. The zero-order chi connectivity index (χ0) is 12.5. The first-order valence-corrected chi connectivity index (χ1v) is 6.10. The highest BCUT2D eigenvalue weighted by Gasteiger charge is 2.28. The van der Waals surface area contributed by atoms with Gasteiger partial charge >= 0.3 is 0 Å². The van der Waals surface area contributed by atoms with Crippen LogP contribution >= 0.6 is 0 Å². The molecule has 0 radical (unpaired) electrons. The standard InChI is InChI=1S/C15H15NO2/c1-10-6-7-16-9-12(10)15-8-13(17)11-4-2-3-5-14(11)18-15/h2-7,9,13,15,17H,8H2,1H3/t13-,15?/m0/s1. The van der Waals surface area contributed by atoms with Crippen molar-refractivity contribution in [3.05, 3.63) is 59.4 Å². The molecule has 1 aliphatic heterocycles. The van der Waals surface area contributed by atoms with Gasteiger partial charge < -0.3 is 9.84 Å². The second kappa shape index (κ2) is 4.42. The number of aryl methyl sites for hydroxylation is 1. The molecule has 1 aromatic carbocycles. The molecule has 0 amide bonds. The molecule has 3 nitrogen and oxygen atoms in total. The van der Waals surface area contributed by atoms with Gasteiger partial charge in [-0.15, -0.1) is 0 Å². The molecule has 0 aliphatic carbocycles. The number of fused-ring (bicyclic) bond motifs is 1. The van der Waals surface area contributed by atoms with Crippen molar-refractivity contribution >= 4 is 0 Å². The summed E-state index contributed by atoms with van der Waals surface area (Å²) in [5, 5.41) is 10.2. The van der Waals surface area contributed by atoms with Crippen LogP contribution in [-0.2, 0) is 0 Å². The number of nitrogens with zero attached hydrogens (tertiary/aromatic N) is 1. The maximum Gasteiger partial charge on any atom is 0.128 e. The average Bonchev–Trinajstić information content (AvgIpc) is 2.39. The maximum atomic E-state index is 10.2. The normalized spacial score (nSPS) is 22.1. The topological polar surface area (TPSA) is 42.4 Å². The van der Waals surface area contributed by atoms with Crippen LogP contribution in [0.4, 0.5) is 0 Å². The van der Waals surface area contributed by atoms with Crippen LogP contribution in [0.2, 0.25) is 0 Å². The third kappa shape index (κ3) is 1.87. The van der Waals surface area contributed by atoms with E-state index in [0.717, 1.165) is 22.4 Å². The van der Waals surface area contributed by atoms with E-state index in [1.54, 1.807) is 6.20 Å². The van der Waals surface area contributed by atoms with Gasteiger partial charge in [-0.2, -0.15) is 0 Å². The van der Waals surface area contributed by atoms with Crippen molar-refractivity contribution in [3.8, 4) is 5.75 Å². The Morgan fingerprint density at radius 2 is 2.06 bits per heavy atom. The number of pyridine rings is 1. The molecule has 0 saturated carbocycles. The number of benzene rings is 1. The maximum absolute atomic E-state index is 10.2. The Bertz CT molecular complexity index is 568. The van der Waals surface area contributed by atoms with E-state index >= 15 is 0 Å². The van der Waals surface area contributed by atoms with E-state index < -0.39 is 6.10 Å². The molecule has 1 unspecified atom stereocenters. The van der Waals surface area contributed by atoms with Crippen LogP contribution in [0.15, 0.2) is 42.7 Å². The average molecular weight is 241 g/mol. The smallest absolute Gasteiger partial charge is 0.128 e. The quantitative estimate of drug-likeness (QED) is 0.834. The molecule has 18 heavy (non-hydrogen) atoms. The van der Waals surface area contributed by atoms with Crippen LogP contribution in [0.1, 0.15) is 35.3 Å². The number of para-hydroxylation sites is 1. The minimum Gasteiger partial charge on any atom is -0.485 e. The molecule has 2 atom stereocenters. The molecule has 92 valence electrons. The predicted molar refractivity (Wildman–Crippen MR) is 68.4 cm³/mol. The van der Waals surface area contributed by atoms with Gasteiger partial charge in [-0.1, -0.05) is 18.2 Å². The lowest BCUT2D eigenvalue weighted by molar-refractivity contribution is 0.0653. The first-order chi connectivity index (χ1) is 8.75. The van der Waals surface area contributed by atoms with Gasteiger partial charge in [-0.25, -0.2) is 0 Å². The lowest BCUT2D eigenvalue weighted by Crippen LogP contribution is -2.19. The third-order valence-corrected chi connectivity index (χ3v) is 3.41. The minimum absolute atomic E-state index is 0.122. The second-order valence-electron chi connectivity index (χ2n) is 4.63. The number of rotatable bonds is 1. The SMILES string of the molecule is Cc1ccncc1C1C[C@H](O)c2ccccc2O1. The van der Waals surface area contributed by atoms with Gasteiger partial charge in [0.25, 0.3) is 0 Å². The van der Waals surface area contributed by atoms with Crippen LogP contribution < -0.4 is 4.74 Å². The summed E-state index contributed by atoms with van der Waals surface area (Å²) in [5.41, 5.74) is 3.06. The van der Waals surface area contributed by atoms with Gasteiger partial charge in [0, 0.05) is 29.9 Å². The Labute approximate surface area is 106 Å². The van der Waals surface area contributed by atoms with Crippen LogP contribution in [0, 0.1) is 6.92 Å². The largest absolute Gasteiger partial charge is 0.485 e. The van der Waals surface area contributed by atoms with Crippen LogP contribution in [0.5, 0.6) is 5.75 Å². The van der Waals surface area contributed by atoms with Crippen molar-refractivity contribution in [2.45, 2.75) is 25.6 Å². The fraction of sp³-hybridized carbons (Fsp3) is 0.267. The Kier molecular flexibility index (Phi) is 2.76. The fourth-order valence-corrected chi connectivity index (χ4v) is 2.40. The van der Waals surface area contributed by atoms with Crippen molar-refractivity contribution in [3.63, 3.8) is 0 Å². The molecule has 0 bridgehead atoms. The van der Waals surface area contributed by atoms with Crippen molar-refractivity contribution in [2.24, 2.45) is 0 Å². The van der Waals surface area contributed by atoms with Crippen molar-refractivity contribution in [2.75, 3.05) is 0 Å². The lowest BCUT2D eigenvalue weighted by Gasteiger charge is -2.30. The molecule has 2 heterocycles. The fourth-order valence-electron chi connectivity index (χ4n) is 2.40. The Morgan fingerprint density at radius 3 is 2.89 bits per heavy atom. The van der Waals surface area contributed by atoms with E-state index in [-0.39, 0.29) is 6.10 Å². The molecule has 0 fully saturated rings. The zero-order valence-corrected chi connectivity index (χ0v) is 10.2. The van der Waals surface area contributed by atoms with Crippen LogP contribution in [-0.4, -0.2) is 10.1 Å². The van der Waals surface area contributed by atoms with Crippen molar-refractivity contribution in [1.82, 2.24) is 4.98 Å². The van der Waals surface area contributed by atoms with Crippen LogP contribution in [0.3, 0.4) is 0 Å². The Morgan fingerprint density at radius 1 is 1.22 bits per heavy atom. The Hall–Kier alpha value is -1.87. The number of aromatic nitrogens is 1. The third-order valence-electron chi connectivity index (χ3n) is 3.41. The molecular formula is C15H15NO2. The highest BCUT2D eigenvalue weighted by molar-refractivity contribution is 5.38. The van der Waals surface area contributed by atoms with E-state index in [2.05, 4.69) is 4.98 Å². The summed E-state index contributed by atoms with van der Waals surface area (Å²) in [7, 11) is 0. The number of hydrogen-bond donors (Lipinski definition) is 1. The second-order valence-corrected chi connectivity index (χ2v) is 4.63. The molecule has 3 heteroatoms. The predicted octanol–water partition coefficient (Wildman–Crippen LogP) is 2.95. The van der Waals surface area contributed by atoms with Gasteiger partial charge in [0.2, 0.25) is 0 Å². The van der Waals surface area contributed by atoms with Gasteiger partial charge in [-0.3, -0.25) is 4.98 Å². The summed E-state index contributed by atoms with van der Waals surface area (Å²) >= 11 is 0. The van der Waals surface area contributed by atoms with Crippen LogP contribution in [0.25, 0.3) is 0 Å². The monoisotopic (exact) mass is 241 g/mol. The van der Waals surface area contributed by atoms with E-state index in [0.29, 0.717) is 6.42 Å². The molecule has 1 aromatic heterocycles. The van der Waals surface area contributed by atoms with E-state index in [1.165, 1.54) is 0 Å². The number of hydrogen-bond acceptors (Lipinski definition) is 3. The summed E-state index contributed by atoms with van der Waals surface area (Å²) < 4.78 is 5.97. The number of aliphatic hydroxyl groups is 1. The van der Waals surface area contributed by atoms with Crippen molar-refractivity contribution in [1.29, 1.82) is 0 Å². The lowest BCUT2D eigenvalue weighted by atomic mass is 9.94. The highest BCUT2D eigenvalue weighted by Crippen LogP contribution is 2.40. The molecule has 1 aliphatic rings. The van der Waals surface area contributed by atoms with Gasteiger partial charge in [0.1, 0.15) is 11.9 Å². The van der Waals surface area contributed by atoms with Crippen molar-refractivity contribution < 1.29 is 9.84 Å². The van der Waals surface area contributed by atoms with Gasteiger partial charge in [0.15, 0.2) is 0 Å². The molecule has 3 rings (SSSR count). The van der Waals surface area contributed by atoms with E-state index in [9.17, 15) is 5.11 Å². The van der Waals surface area contributed by atoms with E-state index in [1.807, 2.05) is 43.5 Å². The highest BCUT2D eigenvalue weighted by atomic mass is 16.5. The summed E-state index contributed by atoms with van der Waals surface area (Å²) in [6, 6.07) is 9.61. The van der Waals surface area contributed by atoms with Gasteiger partial charge in [0.05, 0.1) is 6.10 Å². The summed E-state index contributed by atoms with van der Waals surface area (Å²) in [6.45, 7) is 2.03. The van der Waals surface area contributed by atoms with Gasteiger partial charge in [-0.05, 0) is 24.6 Å². The summed E-state index contributed by atoms with van der Waals surface area (Å²) in [4.78, 5) is 4.14. The molecule has 0 spiro atoms. The molecule has 2 aromatic rings. The minimum atomic E-state index is -0.473. The number of aliphatic hydroxyl groups excluding tert-OH is 1. The first kappa shape index (κ1) is 11.2. The number of ether oxygens (including phenoxy) is 1. The zero-order valence-electron chi connectivity index (χ0n) is 10.2. The Balaban J connectivity index is 1.97. The molecular weight excluding hydrogens is 226 g/mol.